The Hall–Kier alpha value is -3.16. The molecule has 1 aromatic carbocycles. The number of fused-ring (bicyclic) bond motifs is 1. The van der Waals surface area contributed by atoms with Gasteiger partial charge in [0, 0.05) is 20.0 Å². The third-order valence-corrected chi connectivity index (χ3v) is 6.31. The second-order valence-electron chi connectivity index (χ2n) is 8.06. The van der Waals surface area contributed by atoms with Gasteiger partial charge in [-0.05, 0) is 31.9 Å². The van der Waals surface area contributed by atoms with E-state index in [-0.39, 0.29) is 47.9 Å². The van der Waals surface area contributed by atoms with Crippen LogP contribution in [0, 0.1) is 18.8 Å². The Morgan fingerprint density at radius 2 is 1.63 bits per heavy atom. The fraction of sp³-hybridized carbons (Fsp3) is 0.455. The Balaban J connectivity index is 1.46. The van der Waals surface area contributed by atoms with Gasteiger partial charge in [0.15, 0.2) is 0 Å². The van der Waals surface area contributed by atoms with Crippen molar-refractivity contribution in [2.45, 2.75) is 39.0 Å². The second-order valence-corrected chi connectivity index (χ2v) is 8.06. The molecule has 4 rings (SSSR count). The van der Waals surface area contributed by atoms with E-state index in [0.29, 0.717) is 11.4 Å². The predicted molar refractivity (Wildman–Crippen MR) is 111 cm³/mol. The van der Waals surface area contributed by atoms with Crippen LogP contribution in [0.2, 0.25) is 0 Å². The lowest BCUT2D eigenvalue weighted by atomic mass is 9.81. The van der Waals surface area contributed by atoms with E-state index in [9.17, 15) is 19.2 Å². The van der Waals surface area contributed by atoms with E-state index in [1.54, 1.807) is 18.7 Å². The molecule has 0 spiro atoms. The highest BCUT2D eigenvalue weighted by atomic mass is 16.2. The Morgan fingerprint density at radius 1 is 1.03 bits per heavy atom. The van der Waals surface area contributed by atoms with Gasteiger partial charge in [-0.25, -0.2) is 4.68 Å². The topological polar surface area (TPSA) is 93.4 Å². The maximum absolute atomic E-state index is 12.9. The van der Waals surface area contributed by atoms with Crippen molar-refractivity contribution < 1.29 is 14.4 Å². The molecule has 1 aliphatic heterocycles. The van der Waals surface area contributed by atoms with E-state index in [1.807, 2.05) is 30.3 Å². The number of likely N-dealkylation sites (tertiary alicyclic amines) is 1. The van der Waals surface area contributed by atoms with E-state index in [1.165, 1.54) is 9.58 Å². The monoisotopic (exact) mass is 410 g/mol. The smallest absolute Gasteiger partial charge is 0.295 e. The lowest BCUT2D eigenvalue weighted by Crippen LogP contribution is -2.34. The number of aromatic nitrogens is 2. The van der Waals surface area contributed by atoms with E-state index >= 15 is 0 Å². The maximum Gasteiger partial charge on any atom is 0.295 e. The highest BCUT2D eigenvalue weighted by molar-refractivity contribution is 6.05. The number of hydrogen-bond acceptors (Lipinski definition) is 4. The van der Waals surface area contributed by atoms with Gasteiger partial charge in [-0.1, -0.05) is 31.0 Å². The van der Waals surface area contributed by atoms with Crippen LogP contribution in [0.25, 0.3) is 5.69 Å². The average Bonchev–Trinajstić information content (AvgIpc) is 3.12. The number of nitrogens with one attached hydrogen (secondary N) is 1. The van der Waals surface area contributed by atoms with Crippen LogP contribution >= 0.6 is 0 Å². The first-order chi connectivity index (χ1) is 14.4. The fourth-order valence-electron chi connectivity index (χ4n) is 4.58. The molecule has 2 aromatic rings. The number of rotatable bonds is 5. The van der Waals surface area contributed by atoms with Crippen LogP contribution < -0.4 is 10.9 Å². The van der Waals surface area contributed by atoms with Crippen molar-refractivity contribution in [2.24, 2.45) is 18.9 Å². The summed E-state index contributed by atoms with van der Waals surface area (Å²) in [6.07, 6.45) is 3.40. The number of carbonyl (C=O) groups is 3. The SMILES string of the molecule is Cc1c(NC(=O)CCN2C(=O)[C@H]3CCCC[C@H]3C2=O)c(=O)n(-c2ccccc2)n1C. The molecule has 1 saturated heterocycles. The number of benzene rings is 1. The van der Waals surface area contributed by atoms with Gasteiger partial charge in [0.2, 0.25) is 17.7 Å². The van der Waals surface area contributed by atoms with Gasteiger partial charge in [-0.3, -0.25) is 28.8 Å². The zero-order valence-electron chi connectivity index (χ0n) is 17.3. The van der Waals surface area contributed by atoms with Crippen molar-refractivity contribution in [3.63, 3.8) is 0 Å². The normalized spacial score (nSPS) is 21.1. The number of anilines is 1. The first-order valence-corrected chi connectivity index (χ1v) is 10.4. The molecule has 0 bridgehead atoms. The minimum atomic E-state index is -0.392. The Morgan fingerprint density at radius 3 is 2.23 bits per heavy atom. The molecule has 0 radical (unpaired) electrons. The van der Waals surface area contributed by atoms with Crippen molar-refractivity contribution >= 4 is 23.4 Å². The number of hydrogen-bond donors (Lipinski definition) is 1. The van der Waals surface area contributed by atoms with Gasteiger partial charge >= 0.3 is 0 Å². The molecule has 0 unspecified atom stereocenters. The molecule has 2 heterocycles. The third kappa shape index (κ3) is 3.36. The van der Waals surface area contributed by atoms with Crippen molar-refractivity contribution in [3.05, 3.63) is 46.4 Å². The molecule has 2 fully saturated rings. The van der Waals surface area contributed by atoms with Crippen LogP contribution in [0.3, 0.4) is 0 Å². The number of imide groups is 1. The van der Waals surface area contributed by atoms with Crippen LogP contribution in [0.15, 0.2) is 35.1 Å². The zero-order valence-corrected chi connectivity index (χ0v) is 17.3. The summed E-state index contributed by atoms with van der Waals surface area (Å²) in [5, 5.41) is 2.68. The largest absolute Gasteiger partial charge is 0.320 e. The van der Waals surface area contributed by atoms with Gasteiger partial charge in [-0.2, -0.15) is 0 Å². The molecular weight excluding hydrogens is 384 g/mol. The number of nitrogens with zero attached hydrogens (tertiary/aromatic N) is 3. The fourth-order valence-corrected chi connectivity index (χ4v) is 4.58. The number of carbonyl (C=O) groups excluding carboxylic acids is 3. The molecule has 1 saturated carbocycles. The maximum atomic E-state index is 12.9. The minimum absolute atomic E-state index is 0.0317. The first kappa shape index (κ1) is 20.1. The lowest BCUT2D eigenvalue weighted by Gasteiger charge is -2.19. The molecule has 2 atom stereocenters. The molecule has 30 heavy (non-hydrogen) atoms. The highest BCUT2D eigenvalue weighted by Crippen LogP contribution is 2.37. The van der Waals surface area contributed by atoms with Gasteiger partial charge in [-0.15, -0.1) is 0 Å². The van der Waals surface area contributed by atoms with Crippen LogP contribution in [0.4, 0.5) is 5.69 Å². The number of amides is 3. The molecular formula is C22H26N4O4. The quantitative estimate of drug-likeness (QED) is 0.763. The third-order valence-electron chi connectivity index (χ3n) is 6.31. The van der Waals surface area contributed by atoms with Crippen molar-refractivity contribution in [2.75, 3.05) is 11.9 Å². The van der Waals surface area contributed by atoms with Crippen molar-refractivity contribution in [1.82, 2.24) is 14.3 Å². The summed E-state index contributed by atoms with van der Waals surface area (Å²) < 4.78 is 3.18. The minimum Gasteiger partial charge on any atom is -0.320 e. The second kappa shape index (κ2) is 7.93. The van der Waals surface area contributed by atoms with Gasteiger partial charge in [0.25, 0.3) is 5.56 Å². The summed E-state index contributed by atoms with van der Waals surface area (Å²) in [6, 6.07) is 9.17. The van der Waals surface area contributed by atoms with Crippen LogP contribution in [0.5, 0.6) is 0 Å². The number of para-hydroxylation sites is 1. The van der Waals surface area contributed by atoms with Crippen LogP contribution in [0.1, 0.15) is 37.8 Å². The molecule has 158 valence electrons. The van der Waals surface area contributed by atoms with E-state index in [4.69, 9.17) is 0 Å². The van der Waals surface area contributed by atoms with E-state index < -0.39 is 5.91 Å². The molecule has 3 amide bonds. The van der Waals surface area contributed by atoms with Crippen molar-refractivity contribution in [1.29, 1.82) is 0 Å². The summed E-state index contributed by atoms with van der Waals surface area (Å²) in [5.41, 5.74) is 1.20. The molecule has 1 aliphatic carbocycles. The lowest BCUT2D eigenvalue weighted by molar-refractivity contribution is -0.140. The average molecular weight is 410 g/mol. The van der Waals surface area contributed by atoms with E-state index in [2.05, 4.69) is 5.32 Å². The molecule has 1 aromatic heterocycles. The summed E-state index contributed by atoms with van der Waals surface area (Å²) in [7, 11) is 1.75. The van der Waals surface area contributed by atoms with Gasteiger partial charge in [0.1, 0.15) is 5.69 Å². The Bertz CT molecular complexity index is 1030. The molecule has 8 heteroatoms. The summed E-state index contributed by atoms with van der Waals surface area (Å²) in [6.45, 7) is 1.81. The zero-order chi connectivity index (χ0) is 21.4. The standard InChI is InChI=1S/C22H26N4O4/c1-14-19(22(30)26(24(14)2)15-8-4-3-5-9-15)23-18(27)12-13-25-20(28)16-10-6-7-11-17(16)21(25)29/h3-5,8-9,16-17H,6-7,10-13H2,1-2H3,(H,23,27)/t16-,17+. The summed E-state index contributed by atoms with van der Waals surface area (Å²) in [5.74, 6) is -1.14. The van der Waals surface area contributed by atoms with Crippen LogP contribution in [-0.2, 0) is 21.4 Å². The highest BCUT2D eigenvalue weighted by Gasteiger charge is 2.47. The predicted octanol–water partition coefficient (Wildman–Crippen LogP) is 1.99. The first-order valence-electron chi connectivity index (χ1n) is 10.4. The van der Waals surface area contributed by atoms with Gasteiger partial charge < -0.3 is 5.32 Å². The van der Waals surface area contributed by atoms with Gasteiger partial charge in [0.05, 0.1) is 23.2 Å². The van der Waals surface area contributed by atoms with E-state index in [0.717, 1.165) is 25.7 Å². The Labute approximate surface area is 174 Å². The summed E-state index contributed by atoms with van der Waals surface area (Å²) in [4.78, 5) is 51.8. The van der Waals surface area contributed by atoms with Crippen LogP contribution in [-0.4, -0.2) is 38.5 Å². The molecule has 1 N–H and O–H groups in total. The van der Waals surface area contributed by atoms with Crippen molar-refractivity contribution in [3.8, 4) is 5.69 Å². The molecule has 2 aliphatic rings. The summed E-state index contributed by atoms with van der Waals surface area (Å²) >= 11 is 0. The Kier molecular flexibility index (Phi) is 5.32. The molecule has 8 nitrogen and oxygen atoms in total.